The van der Waals surface area contributed by atoms with Crippen LogP contribution in [-0.4, -0.2) is 85.0 Å². The number of nitro groups is 1. The van der Waals surface area contributed by atoms with Gasteiger partial charge in [-0.25, -0.2) is 9.59 Å². The maximum atomic E-state index is 12.7. The van der Waals surface area contributed by atoms with Crippen molar-refractivity contribution >= 4 is 87.2 Å². The number of benzene rings is 4. The summed E-state index contributed by atoms with van der Waals surface area (Å²) in [4.78, 5) is 60.1. The quantitative estimate of drug-likeness (QED) is 0.0511. The first-order valence-electron chi connectivity index (χ1n) is 19.6. The van der Waals surface area contributed by atoms with Gasteiger partial charge in [-0.1, -0.05) is 72.1 Å². The number of aryl methyl sites for hydroxylation is 2. The van der Waals surface area contributed by atoms with Crippen LogP contribution in [0.2, 0.25) is 5.02 Å². The van der Waals surface area contributed by atoms with Crippen molar-refractivity contribution in [1.82, 2.24) is 0 Å². The van der Waals surface area contributed by atoms with Crippen LogP contribution >= 0.6 is 46.4 Å². The van der Waals surface area contributed by atoms with E-state index in [2.05, 4.69) is 17.7 Å². The van der Waals surface area contributed by atoms with Crippen LogP contribution < -0.4 is 19.3 Å². The first-order chi connectivity index (χ1) is 30.7. The minimum atomic E-state index is -4.61. The van der Waals surface area contributed by atoms with Gasteiger partial charge in [0.05, 0.1) is 52.2 Å². The van der Waals surface area contributed by atoms with Crippen molar-refractivity contribution in [3.8, 4) is 17.2 Å². The number of nitro benzene ring substituents is 1. The van der Waals surface area contributed by atoms with Gasteiger partial charge in [0.2, 0.25) is 5.91 Å². The van der Waals surface area contributed by atoms with E-state index >= 15 is 0 Å². The summed E-state index contributed by atoms with van der Waals surface area (Å²) in [5.74, 6) is -2.10. The molecule has 2 unspecified atom stereocenters. The minimum Gasteiger partial charge on any atom is -0.489 e. The predicted molar refractivity (Wildman–Crippen MR) is 241 cm³/mol. The van der Waals surface area contributed by atoms with Crippen LogP contribution in [-0.2, 0) is 41.2 Å². The van der Waals surface area contributed by atoms with Crippen LogP contribution in [0.1, 0.15) is 54.7 Å². The number of alkyl halides is 6. The molecule has 4 aromatic carbocycles. The summed E-state index contributed by atoms with van der Waals surface area (Å²) in [5.41, 5.74) is 1.77. The average molecular weight is 992 g/mol. The molecule has 0 aliphatic carbocycles. The predicted octanol–water partition coefficient (Wildman–Crippen LogP) is 10.5. The zero-order valence-electron chi connectivity index (χ0n) is 36.0. The molecule has 14 nitrogen and oxygen atoms in total. The Morgan fingerprint density at radius 3 is 2.28 bits per heavy atom. The first-order valence-corrected chi connectivity index (χ1v) is 21.4. The van der Waals surface area contributed by atoms with Gasteiger partial charge in [0.1, 0.15) is 35.3 Å². The third kappa shape index (κ3) is 15.1. The number of rotatable bonds is 14. The van der Waals surface area contributed by atoms with E-state index in [-0.39, 0.29) is 52.9 Å². The fourth-order valence-corrected chi connectivity index (χ4v) is 6.81. The molecule has 5 rings (SSSR count). The van der Waals surface area contributed by atoms with Crippen LogP contribution in [0.3, 0.4) is 0 Å². The van der Waals surface area contributed by atoms with Gasteiger partial charge in [-0.3, -0.25) is 19.7 Å². The van der Waals surface area contributed by atoms with Crippen molar-refractivity contribution in [2.45, 2.75) is 64.1 Å². The molecule has 1 aliphatic rings. The van der Waals surface area contributed by atoms with Crippen LogP contribution in [0, 0.1) is 17.0 Å². The number of carbonyl (C=O) groups is 4. The number of ether oxygens (including phenoxy) is 5. The SMILES string of the molecule is CC1COc2ccccc2N1C(=O)C(Cl)Cl.CCOC(=O)COC(=O)c1cc(Oc2ccc(C(F)(F)F)cc2Cl)ccc1[N+](=O)[O-].CCc1cccc(C)c1N(C(=O)CCl)C(C)COC. The van der Waals surface area contributed by atoms with Gasteiger partial charge in [-0.05, 0) is 81.6 Å². The molecular weight excluding hydrogens is 945 g/mol. The summed E-state index contributed by atoms with van der Waals surface area (Å²) in [5, 5.41) is 10.8. The van der Waals surface area contributed by atoms with E-state index in [4.69, 9.17) is 65.4 Å². The fraction of sp³-hybridized carbons (Fsp3) is 0.364. The standard InChI is InChI=1S/C18H13ClF3NO7.C15H22ClNO2.C11H11Cl2NO2/c1-2-28-16(24)9-29-17(25)12-8-11(4-5-14(12)23(26)27)30-15-6-3-10(7-13(15)19)18(20,21)22;1-5-13-8-6-7-11(2)15(13)17(14(18)9-16)12(3)10-19-4;1-7-6-16-9-5-3-2-4-8(9)14(7)11(15)10(12)13/h3-8H,2,9H2,1H3;6-8,12H,5,9-10H2,1-4H3;2-5,7,10H,6H2,1H3. The third-order valence-corrected chi connectivity index (χ3v) is 10.0. The number of hydrogen-bond acceptors (Lipinski definition) is 11. The topological polar surface area (TPSA) is 164 Å². The lowest BCUT2D eigenvalue weighted by Crippen LogP contribution is -2.47. The maximum Gasteiger partial charge on any atom is 0.416 e. The molecule has 21 heteroatoms. The number of nitrogens with zero attached hydrogens (tertiary/aromatic N) is 3. The Morgan fingerprint density at radius 2 is 1.69 bits per heavy atom. The Balaban J connectivity index is 0.000000276. The Kier molecular flexibility index (Phi) is 21.1. The highest BCUT2D eigenvalue weighted by Gasteiger charge is 2.33. The highest BCUT2D eigenvalue weighted by molar-refractivity contribution is 6.54. The third-order valence-electron chi connectivity index (χ3n) is 9.14. The Labute approximate surface area is 393 Å². The number of anilines is 2. The molecule has 0 saturated carbocycles. The lowest BCUT2D eigenvalue weighted by Gasteiger charge is -2.35. The second-order valence-corrected chi connectivity index (χ2v) is 15.6. The summed E-state index contributed by atoms with van der Waals surface area (Å²) in [6, 6.07) is 18.7. The first kappa shape index (κ1) is 54.0. The van der Waals surface area contributed by atoms with E-state index in [1.54, 1.807) is 16.9 Å². The molecule has 0 fully saturated rings. The molecule has 2 atom stereocenters. The van der Waals surface area contributed by atoms with Gasteiger partial charge in [0, 0.05) is 19.2 Å². The molecule has 0 radical (unpaired) electrons. The average Bonchev–Trinajstić information content (AvgIpc) is 3.26. The van der Waals surface area contributed by atoms with Crippen molar-refractivity contribution in [3.05, 3.63) is 116 Å². The molecule has 0 spiro atoms. The van der Waals surface area contributed by atoms with E-state index in [1.807, 2.05) is 57.2 Å². The van der Waals surface area contributed by atoms with Gasteiger partial charge >= 0.3 is 18.1 Å². The Hall–Kier alpha value is -5.33. The van der Waals surface area contributed by atoms with E-state index in [9.17, 15) is 42.5 Å². The molecule has 0 bridgehead atoms. The second kappa shape index (κ2) is 25.4. The molecule has 65 heavy (non-hydrogen) atoms. The summed E-state index contributed by atoms with van der Waals surface area (Å²) >= 11 is 22.8. The van der Waals surface area contributed by atoms with Gasteiger partial charge in [0.25, 0.3) is 11.6 Å². The van der Waals surface area contributed by atoms with Gasteiger partial charge < -0.3 is 33.5 Å². The number of amides is 2. The summed E-state index contributed by atoms with van der Waals surface area (Å²) in [6.45, 7) is 9.73. The molecule has 1 heterocycles. The molecule has 352 valence electrons. The number of esters is 2. The van der Waals surface area contributed by atoms with Crippen LogP contribution in [0.4, 0.5) is 30.2 Å². The number of hydrogen-bond donors (Lipinski definition) is 0. The van der Waals surface area contributed by atoms with Gasteiger partial charge in [-0.2, -0.15) is 13.2 Å². The number of halogens is 7. The zero-order valence-corrected chi connectivity index (χ0v) is 39.0. The molecule has 1 aliphatic heterocycles. The number of para-hydroxylation sites is 3. The largest absolute Gasteiger partial charge is 0.489 e. The molecular formula is C44H46Cl4F3N3O11. The lowest BCUT2D eigenvalue weighted by atomic mass is 10.0. The van der Waals surface area contributed by atoms with E-state index < -0.39 is 51.3 Å². The number of methoxy groups -OCH3 is 1. The molecule has 0 saturated heterocycles. The Bertz CT molecular complexity index is 2300. The minimum absolute atomic E-state index is 0.0223. The van der Waals surface area contributed by atoms with Crippen molar-refractivity contribution in [1.29, 1.82) is 0 Å². The van der Waals surface area contributed by atoms with Crippen molar-refractivity contribution in [2.24, 2.45) is 0 Å². The Morgan fingerprint density at radius 1 is 1.00 bits per heavy atom. The van der Waals surface area contributed by atoms with Crippen LogP contribution in [0.25, 0.3) is 0 Å². The van der Waals surface area contributed by atoms with E-state index in [0.717, 1.165) is 59.3 Å². The summed E-state index contributed by atoms with van der Waals surface area (Å²) in [6.07, 6.45) is -3.73. The maximum absolute atomic E-state index is 12.7. The molecule has 4 aromatic rings. The van der Waals surface area contributed by atoms with Gasteiger partial charge in [-0.15, -0.1) is 11.6 Å². The number of carbonyl (C=O) groups excluding carboxylic acids is 4. The molecule has 2 amide bonds. The fourth-order valence-electron chi connectivity index (χ4n) is 6.26. The summed E-state index contributed by atoms with van der Waals surface area (Å²) < 4.78 is 63.5. The second-order valence-electron chi connectivity index (χ2n) is 13.8. The van der Waals surface area contributed by atoms with Gasteiger partial charge in [0.15, 0.2) is 11.4 Å². The zero-order chi connectivity index (χ0) is 48.6. The lowest BCUT2D eigenvalue weighted by molar-refractivity contribution is -0.385. The van der Waals surface area contributed by atoms with E-state index in [1.165, 1.54) is 6.92 Å². The molecule has 0 N–H and O–H groups in total. The van der Waals surface area contributed by atoms with E-state index in [0.29, 0.717) is 25.0 Å². The van der Waals surface area contributed by atoms with Crippen LogP contribution in [0.15, 0.2) is 78.9 Å². The van der Waals surface area contributed by atoms with Crippen molar-refractivity contribution in [3.63, 3.8) is 0 Å². The van der Waals surface area contributed by atoms with Crippen molar-refractivity contribution in [2.75, 3.05) is 49.2 Å². The number of fused-ring (bicyclic) bond motifs is 1. The highest BCUT2D eigenvalue weighted by atomic mass is 35.5. The molecule has 0 aromatic heterocycles. The summed E-state index contributed by atoms with van der Waals surface area (Å²) in [7, 11) is 1.64. The highest BCUT2D eigenvalue weighted by Crippen LogP contribution is 2.38. The monoisotopic (exact) mass is 989 g/mol. The normalized spacial score (nSPS) is 13.4. The van der Waals surface area contributed by atoms with Crippen molar-refractivity contribution < 1.29 is 61.0 Å². The van der Waals surface area contributed by atoms with Crippen LogP contribution in [0.5, 0.6) is 17.2 Å². The smallest absolute Gasteiger partial charge is 0.416 e.